The summed E-state index contributed by atoms with van der Waals surface area (Å²) in [6.45, 7) is 4.00. The van der Waals surface area contributed by atoms with Gasteiger partial charge in [0.1, 0.15) is 6.33 Å². The SMILES string of the molecule is O=C(c1ncn[nH]1)N1CCN(Cc2cccnc2)CC1. The molecule has 0 aliphatic carbocycles. The number of pyridine rings is 1. The van der Waals surface area contributed by atoms with E-state index >= 15 is 0 Å². The Balaban J connectivity index is 1.53. The molecule has 2 aromatic heterocycles. The maximum Gasteiger partial charge on any atom is 0.291 e. The van der Waals surface area contributed by atoms with Crippen LogP contribution in [0.3, 0.4) is 0 Å². The summed E-state index contributed by atoms with van der Waals surface area (Å²) in [4.78, 5) is 24.2. The van der Waals surface area contributed by atoms with Crippen LogP contribution in [0, 0.1) is 0 Å². The minimum Gasteiger partial charge on any atom is -0.333 e. The lowest BCUT2D eigenvalue weighted by Crippen LogP contribution is -2.48. The highest BCUT2D eigenvalue weighted by Crippen LogP contribution is 2.09. The summed E-state index contributed by atoms with van der Waals surface area (Å²) in [5, 5.41) is 6.32. The van der Waals surface area contributed by atoms with Gasteiger partial charge in [0.2, 0.25) is 5.82 Å². The van der Waals surface area contributed by atoms with Gasteiger partial charge in [0.15, 0.2) is 0 Å². The van der Waals surface area contributed by atoms with Crippen LogP contribution in [0.25, 0.3) is 0 Å². The second-order valence-electron chi connectivity index (χ2n) is 4.76. The summed E-state index contributed by atoms with van der Waals surface area (Å²) in [6, 6.07) is 4.01. The van der Waals surface area contributed by atoms with E-state index in [-0.39, 0.29) is 5.91 Å². The van der Waals surface area contributed by atoms with Crippen molar-refractivity contribution in [2.75, 3.05) is 26.2 Å². The van der Waals surface area contributed by atoms with Crippen molar-refractivity contribution in [1.82, 2.24) is 30.0 Å². The number of nitrogens with zero attached hydrogens (tertiary/aromatic N) is 5. The molecule has 0 radical (unpaired) electrons. The Labute approximate surface area is 116 Å². The van der Waals surface area contributed by atoms with E-state index in [2.05, 4.69) is 31.1 Å². The molecule has 0 unspecified atom stereocenters. The van der Waals surface area contributed by atoms with Crippen LogP contribution in [-0.2, 0) is 6.54 Å². The van der Waals surface area contributed by atoms with E-state index < -0.39 is 0 Å². The molecule has 1 saturated heterocycles. The third-order valence-corrected chi connectivity index (χ3v) is 3.41. The minimum atomic E-state index is -0.0801. The Morgan fingerprint density at radius 3 is 2.80 bits per heavy atom. The molecule has 104 valence electrons. The van der Waals surface area contributed by atoms with Gasteiger partial charge in [-0.3, -0.25) is 19.8 Å². The van der Waals surface area contributed by atoms with E-state index in [1.165, 1.54) is 11.9 Å². The third kappa shape index (κ3) is 2.83. The lowest BCUT2D eigenvalue weighted by molar-refractivity contribution is 0.0617. The number of nitrogens with one attached hydrogen (secondary N) is 1. The number of carbonyl (C=O) groups excluding carboxylic acids is 1. The lowest BCUT2D eigenvalue weighted by atomic mass is 10.2. The van der Waals surface area contributed by atoms with Crippen LogP contribution in [0.2, 0.25) is 0 Å². The summed E-state index contributed by atoms with van der Waals surface area (Å²) < 4.78 is 0. The van der Waals surface area contributed by atoms with Gasteiger partial charge < -0.3 is 4.90 Å². The molecule has 0 aromatic carbocycles. The zero-order chi connectivity index (χ0) is 13.8. The maximum atomic E-state index is 12.1. The molecule has 20 heavy (non-hydrogen) atoms. The molecule has 0 saturated carbocycles. The van der Waals surface area contributed by atoms with Crippen molar-refractivity contribution in [2.24, 2.45) is 0 Å². The number of aromatic nitrogens is 4. The quantitative estimate of drug-likeness (QED) is 0.861. The molecule has 1 amide bonds. The Morgan fingerprint density at radius 1 is 1.30 bits per heavy atom. The second kappa shape index (κ2) is 5.79. The average molecular weight is 272 g/mol. The molecule has 7 nitrogen and oxygen atoms in total. The number of H-pyrrole nitrogens is 1. The van der Waals surface area contributed by atoms with Gasteiger partial charge in [0, 0.05) is 45.1 Å². The fraction of sp³-hybridized carbons (Fsp3) is 0.385. The van der Waals surface area contributed by atoms with Crippen LogP contribution in [-0.4, -0.2) is 62.1 Å². The molecular weight excluding hydrogens is 256 g/mol. The summed E-state index contributed by atoms with van der Waals surface area (Å²) >= 11 is 0. The third-order valence-electron chi connectivity index (χ3n) is 3.41. The van der Waals surface area contributed by atoms with Crippen molar-refractivity contribution in [3.8, 4) is 0 Å². The summed E-state index contributed by atoms with van der Waals surface area (Å²) in [7, 11) is 0. The standard InChI is InChI=1S/C13H16N6O/c20-13(12-15-10-16-17-12)19-6-4-18(5-7-19)9-11-2-1-3-14-8-11/h1-3,8,10H,4-7,9H2,(H,15,16,17). The molecule has 0 atom stereocenters. The summed E-state index contributed by atoms with van der Waals surface area (Å²) in [5.74, 6) is 0.231. The lowest BCUT2D eigenvalue weighted by Gasteiger charge is -2.34. The number of hydrogen-bond acceptors (Lipinski definition) is 5. The normalized spacial score (nSPS) is 16.3. The van der Waals surface area contributed by atoms with E-state index in [1.807, 2.05) is 12.3 Å². The first-order valence-electron chi connectivity index (χ1n) is 6.59. The largest absolute Gasteiger partial charge is 0.333 e. The first kappa shape index (κ1) is 12.7. The van der Waals surface area contributed by atoms with E-state index in [4.69, 9.17) is 0 Å². The highest BCUT2D eigenvalue weighted by molar-refractivity contribution is 5.90. The predicted octanol–water partition coefficient (Wildman–Crippen LogP) is 0.158. The minimum absolute atomic E-state index is 0.0801. The van der Waals surface area contributed by atoms with E-state index in [0.29, 0.717) is 18.9 Å². The van der Waals surface area contributed by atoms with Crippen LogP contribution in [0.5, 0.6) is 0 Å². The molecule has 1 aliphatic rings. The Morgan fingerprint density at radius 2 is 2.15 bits per heavy atom. The average Bonchev–Trinajstić information content (AvgIpc) is 3.03. The van der Waals surface area contributed by atoms with E-state index in [1.54, 1.807) is 11.1 Å². The first-order valence-corrected chi connectivity index (χ1v) is 6.59. The van der Waals surface area contributed by atoms with Gasteiger partial charge in [-0.05, 0) is 11.6 Å². The fourth-order valence-electron chi connectivity index (χ4n) is 2.32. The highest BCUT2D eigenvalue weighted by Gasteiger charge is 2.23. The molecule has 1 N–H and O–H groups in total. The number of aromatic amines is 1. The maximum absolute atomic E-state index is 12.1. The first-order chi connectivity index (χ1) is 9.83. The highest BCUT2D eigenvalue weighted by atomic mass is 16.2. The molecule has 1 fully saturated rings. The van der Waals surface area contributed by atoms with Gasteiger partial charge in [0.25, 0.3) is 5.91 Å². The molecule has 0 bridgehead atoms. The summed E-state index contributed by atoms with van der Waals surface area (Å²) in [5.41, 5.74) is 1.20. The number of rotatable bonds is 3. The Bertz CT molecular complexity index is 548. The van der Waals surface area contributed by atoms with Crippen molar-refractivity contribution in [3.63, 3.8) is 0 Å². The fourth-order valence-corrected chi connectivity index (χ4v) is 2.32. The number of piperazine rings is 1. The summed E-state index contributed by atoms with van der Waals surface area (Å²) in [6.07, 6.45) is 5.01. The smallest absolute Gasteiger partial charge is 0.291 e. The Hall–Kier alpha value is -2.28. The van der Waals surface area contributed by atoms with Crippen LogP contribution in [0.4, 0.5) is 0 Å². The van der Waals surface area contributed by atoms with Crippen molar-refractivity contribution in [3.05, 3.63) is 42.2 Å². The zero-order valence-electron chi connectivity index (χ0n) is 11.1. The van der Waals surface area contributed by atoms with Crippen molar-refractivity contribution in [2.45, 2.75) is 6.54 Å². The van der Waals surface area contributed by atoms with Gasteiger partial charge in [0.05, 0.1) is 0 Å². The van der Waals surface area contributed by atoms with Gasteiger partial charge >= 0.3 is 0 Å². The molecule has 1 aliphatic heterocycles. The molecule has 3 rings (SSSR count). The predicted molar refractivity (Wildman–Crippen MR) is 71.8 cm³/mol. The van der Waals surface area contributed by atoms with Crippen LogP contribution >= 0.6 is 0 Å². The van der Waals surface area contributed by atoms with E-state index in [9.17, 15) is 4.79 Å². The monoisotopic (exact) mass is 272 g/mol. The van der Waals surface area contributed by atoms with Gasteiger partial charge in [-0.15, -0.1) is 0 Å². The number of hydrogen-bond donors (Lipinski definition) is 1. The van der Waals surface area contributed by atoms with Crippen molar-refractivity contribution >= 4 is 5.91 Å². The number of amides is 1. The van der Waals surface area contributed by atoms with Gasteiger partial charge in [-0.25, -0.2) is 4.98 Å². The molecule has 3 heterocycles. The van der Waals surface area contributed by atoms with Crippen molar-refractivity contribution < 1.29 is 4.79 Å². The molecule has 0 spiro atoms. The second-order valence-corrected chi connectivity index (χ2v) is 4.76. The van der Waals surface area contributed by atoms with Crippen molar-refractivity contribution in [1.29, 1.82) is 0 Å². The molecule has 7 heteroatoms. The topological polar surface area (TPSA) is 78.0 Å². The van der Waals surface area contributed by atoms with Crippen LogP contribution < -0.4 is 0 Å². The molecular formula is C13H16N6O. The van der Waals surface area contributed by atoms with Gasteiger partial charge in [-0.2, -0.15) is 5.10 Å². The molecule has 2 aromatic rings. The zero-order valence-corrected chi connectivity index (χ0v) is 11.1. The van der Waals surface area contributed by atoms with E-state index in [0.717, 1.165) is 19.6 Å². The van der Waals surface area contributed by atoms with Crippen LogP contribution in [0.1, 0.15) is 16.2 Å². The number of carbonyl (C=O) groups is 1. The van der Waals surface area contributed by atoms with Crippen LogP contribution in [0.15, 0.2) is 30.9 Å². The van der Waals surface area contributed by atoms with Gasteiger partial charge in [-0.1, -0.05) is 6.07 Å². The Kier molecular flexibility index (Phi) is 3.69.